The Kier molecular flexibility index (Phi) is 5.21. The van der Waals surface area contributed by atoms with E-state index < -0.39 is 0 Å². The van der Waals surface area contributed by atoms with Crippen LogP contribution < -0.4 is 0 Å². The topological polar surface area (TPSA) is 49.2 Å². The Bertz CT molecular complexity index is 513. The molecule has 0 aliphatic carbocycles. The van der Waals surface area contributed by atoms with Crippen LogP contribution >= 0.6 is 0 Å². The average Bonchev–Trinajstić information content (AvgIpc) is 2.48. The van der Waals surface area contributed by atoms with Gasteiger partial charge in [0, 0.05) is 31.6 Å². The fraction of sp³-hybridized carbons (Fsp3) is 0.375. The quantitative estimate of drug-likeness (QED) is 0.876. The van der Waals surface area contributed by atoms with Gasteiger partial charge in [0.2, 0.25) is 0 Å². The molecule has 106 valence electrons. The van der Waals surface area contributed by atoms with Crippen molar-refractivity contribution in [2.75, 3.05) is 13.7 Å². The van der Waals surface area contributed by atoms with Gasteiger partial charge in [-0.25, -0.2) is 0 Å². The highest BCUT2D eigenvalue weighted by Crippen LogP contribution is 2.23. The summed E-state index contributed by atoms with van der Waals surface area (Å²) < 4.78 is 0. The molecule has 2 aromatic rings. The number of aryl methyl sites for hydroxylation is 1. The van der Waals surface area contributed by atoms with Gasteiger partial charge in [0.15, 0.2) is 0 Å². The SMILES string of the molecule is Cc1cnc(CN(C)[C@H](CCO)c2ccccc2)cn1. The van der Waals surface area contributed by atoms with E-state index in [1.807, 2.05) is 31.3 Å². The van der Waals surface area contributed by atoms with E-state index in [4.69, 9.17) is 0 Å². The van der Waals surface area contributed by atoms with Crippen molar-refractivity contribution in [2.45, 2.75) is 25.9 Å². The molecule has 0 bridgehead atoms. The lowest BCUT2D eigenvalue weighted by molar-refractivity contribution is 0.178. The van der Waals surface area contributed by atoms with Crippen LogP contribution in [0.1, 0.15) is 29.4 Å². The molecule has 20 heavy (non-hydrogen) atoms. The molecule has 1 N–H and O–H groups in total. The highest BCUT2D eigenvalue weighted by Gasteiger charge is 2.17. The minimum Gasteiger partial charge on any atom is -0.396 e. The Morgan fingerprint density at radius 1 is 1.15 bits per heavy atom. The van der Waals surface area contributed by atoms with E-state index in [1.54, 1.807) is 6.20 Å². The summed E-state index contributed by atoms with van der Waals surface area (Å²) in [6.07, 6.45) is 4.30. The second kappa shape index (κ2) is 7.12. The van der Waals surface area contributed by atoms with Crippen LogP contribution in [0.25, 0.3) is 0 Å². The number of rotatable bonds is 6. The van der Waals surface area contributed by atoms with Gasteiger partial charge in [0.05, 0.1) is 11.4 Å². The van der Waals surface area contributed by atoms with Gasteiger partial charge in [0.25, 0.3) is 0 Å². The first kappa shape index (κ1) is 14.6. The van der Waals surface area contributed by atoms with Crippen LogP contribution in [0.2, 0.25) is 0 Å². The molecule has 1 aromatic carbocycles. The third-order valence-electron chi connectivity index (χ3n) is 3.36. The maximum Gasteiger partial charge on any atom is 0.0727 e. The Morgan fingerprint density at radius 3 is 2.50 bits per heavy atom. The van der Waals surface area contributed by atoms with Gasteiger partial charge in [-0.15, -0.1) is 0 Å². The molecule has 1 atom stereocenters. The Balaban J connectivity index is 2.11. The fourth-order valence-corrected chi connectivity index (χ4v) is 2.31. The van der Waals surface area contributed by atoms with Crippen molar-refractivity contribution in [3.8, 4) is 0 Å². The molecule has 0 spiro atoms. The number of aliphatic hydroxyl groups excluding tert-OH is 1. The van der Waals surface area contributed by atoms with Crippen LogP contribution in [0, 0.1) is 6.92 Å². The van der Waals surface area contributed by atoms with Crippen molar-refractivity contribution in [3.63, 3.8) is 0 Å². The third kappa shape index (κ3) is 3.85. The smallest absolute Gasteiger partial charge is 0.0727 e. The summed E-state index contributed by atoms with van der Waals surface area (Å²) >= 11 is 0. The molecule has 0 aliphatic rings. The summed E-state index contributed by atoms with van der Waals surface area (Å²) in [7, 11) is 2.05. The number of aromatic nitrogens is 2. The first-order valence-electron chi connectivity index (χ1n) is 6.84. The number of benzene rings is 1. The molecule has 2 rings (SSSR count). The van der Waals surface area contributed by atoms with Crippen molar-refractivity contribution in [1.82, 2.24) is 14.9 Å². The summed E-state index contributed by atoms with van der Waals surface area (Å²) in [4.78, 5) is 10.9. The van der Waals surface area contributed by atoms with Crippen LogP contribution in [0.5, 0.6) is 0 Å². The Hall–Kier alpha value is -1.78. The molecule has 4 heteroatoms. The van der Waals surface area contributed by atoms with E-state index in [-0.39, 0.29) is 12.6 Å². The first-order chi connectivity index (χ1) is 9.70. The molecule has 0 aliphatic heterocycles. The molecule has 4 nitrogen and oxygen atoms in total. The van der Waals surface area contributed by atoms with E-state index in [0.29, 0.717) is 13.0 Å². The Labute approximate surface area is 120 Å². The van der Waals surface area contributed by atoms with Gasteiger partial charge in [-0.1, -0.05) is 30.3 Å². The number of hydrogen-bond donors (Lipinski definition) is 1. The largest absolute Gasteiger partial charge is 0.396 e. The van der Waals surface area contributed by atoms with Crippen molar-refractivity contribution < 1.29 is 5.11 Å². The average molecular weight is 271 g/mol. The van der Waals surface area contributed by atoms with Gasteiger partial charge < -0.3 is 5.11 Å². The highest BCUT2D eigenvalue weighted by atomic mass is 16.3. The molecular formula is C16H21N3O. The summed E-state index contributed by atoms with van der Waals surface area (Å²) in [6.45, 7) is 2.81. The Morgan fingerprint density at radius 2 is 1.90 bits per heavy atom. The summed E-state index contributed by atoms with van der Waals surface area (Å²) in [5.74, 6) is 0. The van der Waals surface area contributed by atoms with Crippen LogP contribution in [-0.2, 0) is 6.54 Å². The molecule has 0 saturated carbocycles. The van der Waals surface area contributed by atoms with Crippen molar-refractivity contribution in [1.29, 1.82) is 0 Å². The number of nitrogens with zero attached hydrogens (tertiary/aromatic N) is 3. The summed E-state index contributed by atoms with van der Waals surface area (Å²) in [5.41, 5.74) is 3.08. The van der Waals surface area contributed by atoms with Crippen molar-refractivity contribution >= 4 is 0 Å². The van der Waals surface area contributed by atoms with Gasteiger partial charge in [0.1, 0.15) is 0 Å². The normalized spacial score (nSPS) is 12.6. The first-order valence-corrected chi connectivity index (χ1v) is 6.84. The van der Waals surface area contributed by atoms with Crippen LogP contribution in [-0.4, -0.2) is 33.6 Å². The maximum atomic E-state index is 9.29. The molecule has 0 saturated heterocycles. The molecular weight excluding hydrogens is 250 g/mol. The molecule has 0 unspecified atom stereocenters. The maximum absolute atomic E-state index is 9.29. The van der Waals surface area contributed by atoms with Crippen molar-refractivity contribution in [3.05, 3.63) is 59.7 Å². The predicted octanol–water partition coefficient (Wildman–Crippen LogP) is 2.34. The highest BCUT2D eigenvalue weighted by molar-refractivity contribution is 5.19. The second-order valence-corrected chi connectivity index (χ2v) is 5.00. The zero-order valence-corrected chi connectivity index (χ0v) is 12.0. The molecule has 0 radical (unpaired) electrons. The molecule has 0 amide bonds. The minimum absolute atomic E-state index is 0.170. The van der Waals surface area contributed by atoms with E-state index in [9.17, 15) is 5.11 Å². The second-order valence-electron chi connectivity index (χ2n) is 5.00. The molecule has 1 heterocycles. The standard InChI is InChI=1S/C16H21N3O/c1-13-10-18-15(11-17-13)12-19(2)16(8-9-20)14-6-4-3-5-7-14/h3-7,10-11,16,20H,8-9,12H2,1-2H3/t16-/m1/s1. The van der Waals surface area contributed by atoms with Crippen LogP contribution in [0.15, 0.2) is 42.7 Å². The minimum atomic E-state index is 0.170. The molecule has 1 aromatic heterocycles. The molecule has 0 fully saturated rings. The monoisotopic (exact) mass is 271 g/mol. The van der Waals surface area contributed by atoms with E-state index in [1.165, 1.54) is 5.56 Å². The lowest BCUT2D eigenvalue weighted by Gasteiger charge is -2.27. The lowest BCUT2D eigenvalue weighted by atomic mass is 10.0. The summed E-state index contributed by atoms with van der Waals surface area (Å²) in [5, 5.41) is 9.29. The van der Waals surface area contributed by atoms with Gasteiger partial charge in [-0.2, -0.15) is 0 Å². The fourth-order valence-electron chi connectivity index (χ4n) is 2.31. The third-order valence-corrected chi connectivity index (χ3v) is 3.36. The van der Waals surface area contributed by atoms with Gasteiger partial charge in [-0.3, -0.25) is 14.9 Å². The number of hydrogen-bond acceptors (Lipinski definition) is 4. The van der Waals surface area contributed by atoms with E-state index in [2.05, 4.69) is 34.0 Å². The zero-order valence-electron chi connectivity index (χ0n) is 12.0. The van der Waals surface area contributed by atoms with E-state index >= 15 is 0 Å². The predicted molar refractivity (Wildman–Crippen MR) is 79.1 cm³/mol. The summed E-state index contributed by atoms with van der Waals surface area (Å²) in [6, 6.07) is 10.4. The van der Waals surface area contributed by atoms with Crippen LogP contribution in [0.4, 0.5) is 0 Å². The van der Waals surface area contributed by atoms with Crippen molar-refractivity contribution in [2.24, 2.45) is 0 Å². The van der Waals surface area contributed by atoms with Gasteiger partial charge >= 0.3 is 0 Å². The zero-order chi connectivity index (χ0) is 14.4. The van der Waals surface area contributed by atoms with E-state index in [0.717, 1.165) is 11.4 Å². The van der Waals surface area contributed by atoms with Gasteiger partial charge in [-0.05, 0) is 26.0 Å². The number of aliphatic hydroxyl groups is 1. The lowest BCUT2D eigenvalue weighted by Crippen LogP contribution is -2.25. The van der Waals surface area contributed by atoms with Crippen LogP contribution in [0.3, 0.4) is 0 Å².